The minimum absolute atomic E-state index is 0.0320. The van der Waals surface area contributed by atoms with Crippen LogP contribution in [0.1, 0.15) is 5.56 Å². The molecular weight excluding hydrogens is 366 g/mol. The third-order valence-corrected chi connectivity index (χ3v) is 3.51. The number of aromatic nitrogens is 3. The molecule has 5 nitrogen and oxygen atoms in total. The predicted octanol–water partition coefficient (Wildman–Crippen LogP) is 3.43. The number of hydrogen-bond donors (Lipinski definition) is 0. The third kappa shape index (κ3) is 5.13. The van der Waals surface area contributed by atoms with Gasteiger partial charge in [0.25, 0.3) is 5.56 Å². The maximum Gasteiger partial charge on any atom is 0.422 e. The lowest BCUT2D eigenvalue weighted by Crippen LogP contribution is -2.23. The number of nitrogens with zero attached hydrogens (tertiary/aromatic N) is 3. The average molecular weight is 379 g/mol. The fourth-order valence-corrected chi connectivity index (χ4v) is 2.32. The first-order chi connectivity index (χ1) is 12.8. The van der Waals surface area contributed by atoms with Crippen molar-refractivity contribution in [2.45, 2.75) is 12.7 Å². The molecule has 9 heteroatoms. The molecule has 0 amide bonds. The largest absolute Gasteiger partial charge is 0.484 e. The van der Waals surface area contributed by atoms with Crippen LogP contribution in [0.5, 0.6) is 5.75 Å². The standard InChI is InChI=1S/C18H13F4N3O2/c19-14-7-12(8-23-9-14)10-25-17(26)6-5-16(24-25)13-1-3-15(4-2-13)27-11-18(20,21)22/h1-9H,10-11H2. The van der Waals surface area contributed by atoms with Gasteiger partial charge >= 0.3 is 6.18 Å². The van der Waals surface area contributed by atoms with E-state index < -0.39 is 18.6 Å². The van der Waals surface area contributed by atoms with Crippen LogP contribution in [0.4, 0.5) is 17.6 Å². The molecule has 2 aromatic heterocycles. The summed E-state index contributed by atoms with van der Waals surface area (Å²) in [7, 11) is 0. The minimum Gasteiger partial charge on any atom is -0.484 e. The molecule has 27 heavy (non-hydrogen) atoms. The number of ether oxygens (including phenoxy) is 1. The summed E-state index contributed by atoms with van der Waals surface area (Å²) < 4.78 is 55.6. The van der Waals surface area contributed by atoms with Crippen molar-refractivity contribution in [1.82, 2.24) is 14.8 Å². The summed E-state index contributed by atoms with van der Waals surface area (Å²) in [5.41, 5.74) is 1.10. The van der Waals surface area contributed by atoms with Gasteiger partial charge in [0.1, 0.15) is 11.6 Å². The zero-order valence-corrected chi connectivity index (χ0v) is 13.8. The Balaban J connectivity index is 1.80. The number of pyridine rings is 1. The monoisotopic (exact) mass is 379 g/mol. The highest BCUT2D eigenvalue weighted by Crippen LogP contribution is 2.22. The normalized spacial score (nSPS) is 11.4. The molecule has 3 aromatic rings. The SMILES string of the molecule is O=c1ccc(-c2ccc(OCC(F)(F)F)cc2)nn1Cc1cncc(F)c1. The van der Waals surface area contributed by atoms with Crippen LogP contribution in [0.3, 0.4) is 0 Å². The summed E-state index contributed by atoms with van der Waals surface area (Å²) in [6.45, 7) is -1.35. The van der Waals surface area contributed by atoms with Crippen LogP contribution in [0.2, 0.25) is 0 Å². The summed E-state index contributed by atoms with van der Waals surface area (Å²) in [6, 6.07) is 9.89. The number of hydrogen-bond acceptors (Lipinski definition) is 4. The minimum atomic E-state index is -4.42. The first-order valence-corrected chi connectivity index (χ1v) is 7.78. The molecule has 0 radical (unpaired) electrons. The first kappa shape index (κ1) is 18.6. The second-order valence-electron chi connectivity index (χ2n) is 5.65. The molecule has 3 rings (SSSR count). The fraction of sp³-hybridized carbons (Fsp3) is 0.167. The molecule has 0 aliphatic rings. The van der Waals surface area contributed by atoms with E-state index in [0.717, 1.165) is 10.9 Å². The number of rotatable bonds is 5. The summed E-state index contributed by atoms with van der Waals surface area (Å²) in [5, 5.41) is 4.22. The Kier molecular flexibility index (Phi) is 5.20. The Morgan fingerprint density at radius 3 is 2.44 bits per heavy atom. The maximum atomic E-state index is 13.2. The third-order valence-electron chi connectivity index (χ3n) is 3.51. The van der Waals surface area contributed by atoms with Crippen LogP contribution >= 0.6 is 0 Å². The molecule has 0 atom stereocenters. The molecule has 0 saturated heterocycles. The molecular formula is C18H13F4N3O2. The highest BCUT2D eigenvalue weighted by molar-refractivity contribution is 5.59. The molecule has 140 valence electrons. The van der Waals surface area contributed by atoms with E-state index in [1.54, 1.807) is 0 Å². The van der Waals surface area contributed by atoms with Crippen LogP contribution in [0.25, 0.3) is 11.3 Å². The van der Waals surface area contributed by atoms with Gasteiger partial charge in [-0.05, 0) is 42.0 Å². The Labute approximate surface area is 150 Å². The van der Waals surface area contributed by atoms with Gasteiger partial charge in [-0.1, -0.05) is 0 Å². The van der Waals surface area contributed by atoms with Gasteiger partial charge in [0, 0.05) is 17.8 Å². The van der Waals surface area contributed by atoms with E-state index in [-0.39, 0.29) is 17.9 Å². The lowest BCUT2D eigenvalue weighted by Gasteiger charge is -2.10. The van der Waals surface area contributed by atoms with E-state index in [4.69, 9.17) is 0 Å². The summed E-state index contributed by atoms with van der Waals surface area (Å²) in [6.07, 6.45) is -1.93. The van der Waals surface area contributed by atoms with Gasteiger partial charge in [0.15, 0.2) is 6.61 Å². The second kappa shape index (κ2) is 7.56. The molecule has 0 fully saturated rings. The van der Waals surface area contributed by atoms with Crippen molar-refractivity contribution >= 4 is 0 Å². The molecule has 0 aliphatic heterocycles. The van der Waals surface area contributed by atoms with Crippen molar-refractivity contribution in [2.75, 3.05) is 6.61 Å². The van der Waals surface area contributed by atoms with Gasteiger partial charge in [-0.2, -0.15) is 18.3 Å². The fourth-order valence-electron chi connectivity index (χ4n) is 2.32. The van der Waals surface area contributed by atoms with Gasteiger partial charge < -0.3 is 4.74 Å². The highest BCUT2D eigenvalue weighted by atomic mass is 19.4. The molecule has 0 spiro atoms. The number of halogens is 4. The summed E-state index contributed by atoms with van der Waals surface area (Å²) in [4.78, 5) is 15.7. The van der Waals surface area contributed by atoms with Crippen molar-refractivity contribution in [2.24, 2.45) is 0 Å². The zero-order valence-electron chi connectivity index (χ0n) is 13.8. The molecule has 0 unspecified atom stereocenters. The molecule has 0 aliphatic carbocycles. The van der Waals surface area contributed by atoms with Gasteiger partial charge in [0.2, 0.25) is 0 Å². The summed E-state index contributed by atoms with van der Waals surface area (Å²) >= 11 is 0. The van der Waals surface area contributed by atoms with Crippen LogP contribution in [-0.4, -0.2) is 27.5 Å². The topological polar surface area (TPSA) is 57.0 Å². The Morgan fingerprint density at radius 2 is 1.78 bits per heavy atom. The first-order valence-electron chi connectivity index (χ1n) is 7.78. The molecule has 0 N–H and O–H groups in total. The van der Waals surface area contributed by atoms with Crippen molar-refractivity contribution in [1.29, 1.82) is 0 Å². The number of alkyl halides is 3. The zero-order chi connectivity index (χ0) is 19.4. The second-order valence-corrected chi connectivity index (χ2v) is 5.65. The number of benzene rings is 1. The van der Waals surface area contributed by atoms with Crippen molar-refractivity contribution < 1.29 is 22.3 Å². The van der Waals surface area contributed by atoms with E-state index in [9.17, 15) is 22.4 Å². The van der Waals surface area contributed by atoms with Gasteiger partial charge in [-0.25, -0.2) is 9.07 Å². The molecule has 0 saturated carbocycles. The maximum absolute atomic E-state index is 13.2. The van der Waals surface area contributed by atoms with Crippen LogP contribution in [0, 0.1) is 5.82 Å². The van der Waals surface area contributed by atoms with Crippen LogP contribution in [-0.2, 0) is 6.54 Å². The van der Waals surface area contributed by atoms with Gasteiger partial charge in [-0.3, -0.25) is 9.78 Å². The molecule has 0 bridgehead atoms. The van der Waals surface area contributed by atoms with E-state index in [0.29, 0.717) is 16.8 Å². The van der Waals surface area contributed by atoms with E-state index in [2.05, 4.69) is 14.8 Å². The Bertz CT molecular complexity index is 985. The molecule has 1 aromatic carbocycles. The van der Waals surface area contributed by atoms with Crippen molar-refractivity contribution in [3.05, 3.63) is 76.6 Å². The average Bonchev–Trinajstić information content (AvgIpc) is 2.62. The van der Waals surface area contributed by atoms with E-state index >= 15 is 0 Å². The quantitative estimate of drug-likeness (QED) is 0.638. The van der Waals surface area contributed by atoms with Crippen LogP contribution < -0.4 is 10.3 Å². The smallest absolute Gasteiger partial charge is 0.422 e. The highest BCUT2D eigenvalue weighted by Gasteiger charge is 2.28. The predicted molar refractivity (Wildman–Crippen MR) is 88.8 cm³/mol. The van der Waals surface area contributed by atoms with E-state index in [1.165, 1.54) is 48.7 Å². The van der Waals surface area contributed by atoms with Gasteiger partial charge in [0.05, 0.1) is 18.4 Å². The lowest BCUT2D eigenvalue weighted by molar-refractivity contribution is -0.153. The van der Waals surface area contributed by atoms with E-state index in [1.807, 2.05) is 0 Å². The lowest BCUT2D eigenvalue weighted by atomic mass is 10.1. The van der Waals surface area contributed by atoms with Crippen molar-refractivity contribution in [3.8, 4) is 17.0 Å². The Hall–Kier alpha value is -3.23. The molecule has 2 heterocycles. The summed E-state index contributed by atoms with van der Waals surface area (Å²) in [5.74, 6) is -0.457. The van der Waals surface area contributed by atoms with Crippen LogP contribution in [0.15, 0.2) is 59.7 Å². The van der Waals surface area contributed by atoms with Gasteiger partial charge in [-0.15, -0.1) is 0 Å². The van der Waals surface area contributed by atoms with Crippen molar-refractivity contribution in [3.63, 3.8) is 0 Å². The Morgan fingerprint density at radius 1 is 1.04 bits per heavy atom.